The molecule has 1 saturated heterocycles. The van der Waals surface area contributed by atoms with Crippen molar-refractivity contribution in [1.29, 1.82) is 0 Å². The third kappa shape index (κ3) is 3.64. The minimum atomic E-state index is -0.456. The molecule has 4 heteroatoms. The number of hydrogen-bond acceptors (Lipinski definition) is 2. The van der Waals surface area contributed by atoms with Crippen LogP contribution in [0.15, 0.2) is 22.7 Å². The molecule has 116 valence electrons. The van der Waals surface area contributed by atoms with Crippen LogP contribution in [0.3, 0.4) is 0 Å². The highest BCUT2D eigenvalue weighted by atomic mass is 79.9. The minimum absolute atomic E-state index is 0.0257. The van der Waals surface area contributed by atoms with Crippen molar-refractivity contribution in [2.24, 2.45) is 5.92 Å². The highest BCUT2D eigenvalue weighted by Crippen LogP contribution is 2.44. The van der Waals surface area contributed by atoms with Crippen LogP contribution in [0.4, 0.5) is 0 Å². The monoisotopic (exact) mass is 372 g/mol. The van der Waals surface area contributed by atoms with E-state index in [2.05, 4.69) is 15.9 Å². The Morgan fingerprint density at radius 2 is 2.00 bits per heavy atom. The number of hydrogen-bond donors (Lipinski definition) is 1. The summed E-state index contributed by atoms with van der Waals surface area (Å²) in [6.45, 7) is 0.767. The summed E-state index contributed by atoms with van der Waals surface area (Å²) in [5.41, 5.74) is 0.935. The molecule has 1 heterocycles. The van der Waals surface area contributed by atoms with Gasteiger partial charge in [0.2, 0.25) is 0 Å². The Hall–Kier alpha value is -0.0900. The fourth-order valence-corrected chi connectivity index (χ4v) is 4.78. The Balaban J connectivity index is 1.76. The maximum Gasteiger partial charge on any atom is 0.0821 e. The number of benzene rings is 1. The second kappa shape index (κ2) is 6.57. The molecule has 1 aliphatic heterocycles. The lowest BCUT2D eigenvalue weighted by Gasteiger charge is -2.44. The molecule has 0 amide bonds. The SMILES string of the molecule is OC(c1cc(Cl)cc(Br)c1)C1CCOC2(CCCCC2)C1. The van der Waals surface area contributed by atoms with Gasteiger partial charge in [-0.3, -0.25) is 0 Å². The van der Waals surface area contributed by atoms with Gasteiger partial charge in [0.1, 0.15) is 0 Å². The van der Waals surface area contributed by atoms with E-state index in [-0.39, 0.29) is 11.5 Å². The van der Waals surface area contributed by atoms with Crippen molar-refractivity contribution in [2.45, 2.75) is 56.7 Å². The van der Waals surface area contributed by atoms with E-state index in [1.807, 2.05) is 18.2 Å². The van der Waals surface area contributed by atoms with Crippen LogP contribution < -0.4 is 0 Å². The number of aliphatic hydroxyl groups is 1. The number of rotatable bonds is 2. The standard InChI is InChI=1S/C17H22BrClO2/c18-14-8-13(9-15(19)10-14)16(20)12-4-7-21-17(11-12)5-2-1-3-6-17/h8-10,12,16,20H,1-7,11H2. The topological polar surface area (TPSA) is 29.5 Å². The first kappa shape index (κ1) is 15.8. The Bertz CT molecular complexity index is 474. The third-order valence-corrected chi connectivity index (χ3v) is 5.64. The van der Waals surface area contributed by atoms with Crippen LogP contribution >= 0.6 is 27.5 Å². The predicted octanol–water partition coefficient (Wildman–Crippen LogP) is 5.27. The van der Waals surface area contributed by atoms with E-state index in [0.29, 0.717) is 5.02 Å². The Kier molecular flexibility index (Phi) is 4.94. The maximum atomic E-state index is 10.8. The van der Waals surface area contributed by atoms with E-state index in [1.165, 1.54) is 19.3 Å². The predicted molar refractivity (Wildman–Crippen MR) is 88.6 cm³/mol. The van der Waals surface area contributed by atoms with Gasteiger partial charge in [-0.1, -0.05) is 46.8 Å². The van der Waals surface area contributed by atoms with Crippen molar-refractivity contribution in [3.05, 3.63) is 33.3 Å². The molecule has 2 unspecified atom stereocenters. The second-order valence-electron chi connectivity index (χ2n) is 6.49. The molecule has 2 aliphatic rings. The first-order valence-electron chi connectivity index (χ1n) is 7.86. The molecule has 1 N–H and O–H groups in total. The molecule has 1 aliphatic carbocycles. The van der Waals surface area contributed by atoms with Crippen LogP contribution in [-0.2, 0) is 4.74 Å². The van der Waals surface area contributed by atoms with Gasteiger partial charge in [-0.2, -0.15) is 0 Å². The zero-order chi connectivity index (χ0) is 14.9. The normalized spacial score (nSPS) is 26.7. The summed E-state index contributed by atoms with van der Waals surface area (Å²) >= 11 is 9.56. The van der Waals surface area contributed by atoms with Gasteiger partial charge >= 0.3 is 0 Å². The molecular formula is C17H22BrClO2. The number of ether oxygens (including phenoxy) is 1. The lowest BCUT2D eigenvalue weighted by molar-refractivity contribution is -0.134. The number of halogens is 2. The molecule has 2 atom stereocenters. The molecule has 21 heavy (non-hydrogen) atoms. The van der Waals surface area contributed by atoms with E-state index >= 15 is 0 Å². The minimum Gasteiger partial charge on any atom is -0.388 e. The molecule has 1 aromatic rings. The smallest absolute Gasteiger partial charge is 0.0821 e. The third-order valence-electron chi connectivity index (χ3n) is 4.97. The van der Waals surface area contributed by atoms with E-state index in [0.717, 1.165) is 42.3 Å². The Morgan fingerprint density at radius 1 is 1.24 bits per heavy atom. The van der Waals surface area contributed by atoms with Crippen molar-refractivity contribution < 1.29 is 9.84 Å². The quantitative estimate of drug-likeness (QED) is 0.765. The van der Waals surface area contributed by atoms with Crippen molar-refractivity contribution in [3.63, 3.8) is 0 Å². The van der Waals surface area contributed by atoms with Gasteiger partial charge in [-0.05, 0) is 55.4 Å². The van der Waals surface area contributed by atoms with Crippen LogP contribution in [0.5, 0.6) is 0 Å². The summed E-state index contributed by atoms with van der Waals surface area (Å²) in [5, 5.41) is 11.4. The molecule has 2 fully saturated rings. The summed E-state index contributed by atoms with van der Waals surface area (Å²) in [5.74, 6) is 0.266. The first-order chi connectivity index (χ1) is 10.1. The average Bonchev–Trinajstić information content (AvgIpc) is 2.46. The van der Waals surface area contributed by atoms with Gasteiger partial charge in [0, 0.05) is 16.1 Å². The highest BCUT2D eigenvalue weighted by Gasteiger charge is 2.40. The summed E-state index contributed by atoms with van der Waals surface area (Å²) in [4.78, 5) is 0. The molecule has 2 nitrogen and oxygen atoms in total. The van der Waals surface area contributed by atoms with E-state index in [9.17, 15) is 5.11 Å². The molecule has 1 saturated carbocycles. The number of aliphatic hydroxyl groups excluding tert-OH is 1. The lowest BCUT2D eigenvalue weighted by atomic mass is 9.74. The van der Waals surface area contributed by atoms with Crippen LogP contribution in [0.2, 0.25) is 5.02 Å². The highest BCUT2D eigenvalue weighted by molar-refractivity contribution is 9.10. The van der Waals surface area contributed by atoms with Crippen LogP contribution in [0.25, 0.3) is 0 Å². The Morgan fingerprint density at radius 3 is 2.71 bits per heavy atom. The van der Waals surface area contributed by atoms with E-state index in [1.54, 1.807) is 0 Å². The average molecular weight is 374 g/mol. The maximum absolute atomic E-state index is 10.8. The summed E-state index contributed by atoms with van der Waals surface area (Å²) in [6, 6.07) is 5.70. The van der Waals surface area contributed by atoms with Crippen molar-refractivity contribution >= 4 is 27.5 Å². The van der Waals surface area contributed by atoms with Crippen LogP contribution in [-0.4, -0.2) is 17.3 Å². The van der Waals surface area contributed by atoms with Gasteiger partial charge in [0.05, 0.1) is 11.7 Å². The Labute approximate surface area is 140 Å². The zero-order valence-electron chi connectivity index (χ0n) is 12.2. The first-order valence-corrected chi connectivity index (χ1v) is 9.03. The molecule has 1 aromatic carbocycles. The molecule has 0 radical (unpaired) electrons. The van der Waals surface area contributed by atoms with Gasteiger partial charge in [-0.15, -0.1) is 0 Å². The second-order valence-corrected chi connectivity index (χ2v) is 7.84. The van der Waals surface area contributed by atoms with Crippen molar-refractivity contribution in [3.8, 4) is 0 Å². The molecular weight excluding hydrogens is 352 g/mol. The fraction of sp³-hybridized carbons (Fsp3) is 0.647. The van der Waals surface area contributed by atoms with Gasteiger partial charge in [-0.25, -0.2) is 0 Å². The van der Waals surface area contributed by atoms with Gasteiger partial charge in [0.25, 0.3) is 0 Å². The van der Waals surface area contributed by atoms with Crippen molar-refractivity contribution in [2.75, 3.05) is 6.61 Å². The molecule has 3 rings (SSSR count). The zero-order valence-corrected chi connectivity index (χ0v) is 14.5. The van der Waals surface area contributed by atoms with E-state index < -0.39 is 6.10 Å². The molecule has 1 spiro atoms. The van der Waals surface area contributed by atoms with Crippen molar-refractivity contribution in [1.82, 2.24) is 0 Å². The van der Waals surface area contributed by atoms with E-state index in [4.69, 9.17) is 16.3 Å². The fourth-order valence-electron chi connectivity index (χ4n) is 3.90. The summed E-state index contributed by atoms with van der Waals surface area (Å²) < 4.78 is 7.04. The summed E-state index contributed by atoms with van der Waals surface area (Å²) in [7, 11) is 0. The van der Waals surface area contributed by atoms with Gasteiger partial charge < -0.3 is 9.84 Å². The lowest BCUT2D eigenvalue weighted by Crippen LogP contribution is -2.42. The molecule has 0 bridgehead atoms. The van der Waals surface area contributed by atoms with Crippen LogP contribution in [0.1, 0.15) is 56.6 Å². The largest absolute Gasteiger partial charge is 0.388 e. The van der Waals surface area contributed by atoms with Gasteiger partial charge in [0.15, 0.2) is 0 Å². The summed E-state index contributed by atoms with van der Waals surface area (Å²) in [6.07, 6.45) is 7.56. The van der Waals surface area contributed by atoms with Crippen LogP contribution in [0, 0.1) is 5.92 Å². The molecule has 0 aromatic heterocycles.